The van der Waals surface area contributed by atoms with Crippen molar-refractivity contribution in [1.29, 1.82) is 0 Å². The molecule has 9 heteroatoms. The number of rotatable bonds is 5. The summed E-state index contributed by atoms with van der Waals surface area (Å²) < 4.78 is 6.22. The van der Waals surface area contributed by atoms with Gasteiger partial charge in [0.1, 0.15) is 6.10 Å². The van der Waals surface area contributed by atoms with Crippen LogP contribution in [-0.2, 0) is 9.53 Å². The predicted octanol–water partition coefficient (Wildman–Crippen LogP) is -0.982. The van der Waals surface area contributed by atoms with E-state index in [0.29, 0.717) is 12.8 Å². The summed E-state index contributed by atoms with van der Waals surface area (Å²) in [6.07, 6.45) is -0.0319. The Labute approximate surface area is 120 Å². The highest BCUT2D eigenvalue weighted by Gasteiger charge is 2.36. The number of carbonyl (C=O) groups excluding carboxylic acids is 1. The van der Waals surface area contributed by atoms with Crippen LogP contribution in [0.4, 0.5) is 5.82 Å². The Balaban J connectivity index is 2.13. The molecule has 1 aliphatic rings. The third-order valence-electron chi connectivity index (χ3n) is 3.07. The van der Waals surface area contributed by atoms with Gasteiger partial charge in [-0.05, 0) is 6.42 Å². The average Bonchev–Trinajstić information content (AvgIpc) is 2.80. The average molecular weight is 298 g/mol. The topological polar surface area (TPSA) is 127 Å². The molecule has 0 aliphatic carbocycles. The van der Waals surface area contributed by atoms with Crippen molar-refractivity contribution >= 4 is 11.7 Å². The van der Waals surface area contributed by atoms with Crippen molar-refractivity contribution in [1.82, 2.24) is 14.8 Å². The molecule has 3 atom stereocenters. The molecular weight excluding hydrogens is 280 g/mol. The smallest absolute Gasteiger partial charge is 0.368 e. The van der Waals surface area contributed by atoms with E-state index >= 15 is 0 Å². The van der Waals surface area contributed by atoms with Gasteiger partial charge in [0.2, 0.25) is 5.91 Å². The maximum atomic E-state index is 11.9. The number of anilines is 1. The molecule has 0 radical (unpaired) electrons. The molecule has 0 unspecified atom stereocenters. The van der Waals surface area contributed by atoms with Gasteiger partial charge in [0.25, 0.3) is 0 Å². The van der Waals surface area contributed by atoms with Crippen LogP contribution in [0.15, 0.2) is 11.0 Å². The molecule has 3 N–H and O–H groups in total. The number of nitrogens with zero attached hydrogens (tertiary/aromatic N) is 3. The summed E-state index contributed by atoms with van der Waals surface area (Å²) in [5, 5.41) is 25.1. The predicted molar refractivity (Wildman–Crippen MR) is 71.4 cm³/mol. The fourth-order valence-electron chi connectivity index (χ4n) is 2.08. The van der Waals surface area contributed by atoms with Crippen molar-refractivity contribution in [3.8, 4) is 0 Å². The molecule has 9 nitrogen and oxygen atoms in total. The highest BCUT2D eigenvalue weighted by Crippen LogP contribution is 2.26. The largest absolute Gasteiger partial charge is 0.394 e. The van der Waals surface area contributed by atoms with E-state index in [0.717, 1.165) is 4.68 Å². The SMILES string of the molecule is CCCC(=O)Nc1cnn([C@@H]2O[C@H](CO)C[C@H]2O)c(=O)n1. The Bertz CT molecular complexity index is 561. The number of nitrogens with one attached hydrogen (secondary N) is 1. The van der Waals surface area contributed by atoms with Gasteiger partial charge in [-0.15, -0.1) is 0 Å². The number of aliphatic hydroxyl groups is 2. The van der Waals surface area contributed by atoms with Crippen LogP contribution in [0.5, 0.6) is 0 Å². The molecule has 0 bridgehead atoms. The van der Waals surface area contributed by atoms with Crippen LogP contribution in [0.1, 0.15) is 32.4 Å². The molecule has 2 rings (SSSR count). The minimum absolute atomic E-state index is 0.0564. The highest BCUT2D eigenvalue weighted by molar-refractivity contribution is 5.89. The first-order valence-electron chi connectivity index (χ1n) is 6.75. The van der Waals surface area contributed by atoms with Crippen LogP contribution in [-0.4, -0.2) is 49.7 Å². The van der Waals surface area contributed by atoms with Crippen molar-refractivity contribution in [2.45, 2.75) is 44.6 Å². The van der Waals surface area contributed by atoms with Gasteiger partial charge in [-0.3, -0.25) is 4.79 Å². The van der Waals surface area contributed by atoms with Crippen LogP contribution < -0.4 is 11.0 Å². The molecule has 21 heavy (non-hydrogen) atoms. The molecule has 0 saturated carbocycles. The Morgan fingerprint density at radius 1 is 1.62 bits per heavy atom. The van der Waals surface area contributed by atoms with Crippen molar-refractivity contribution in [3.05, 3.63) is 16.7 Å². The summed E-state index contributed by atoms with van der Waals surface area (Å²) in [5.41, 5.74) is -0.744. The van der Waals surface area contributed by atoms with Gasteiger partial charge in [0.05, 0.1) is 18.9 Å². The number of aromatic nitrogens is 3. The Morgan fingerprint density at radius 3 is 2.95 bits per heavy atom. The fourth-order valence-corrected chi connectivity index (χ4v) is 2.08. The summed E-state index contributed by atoms with van der Waals surface area (Å²) in [6.45, 7) is 1.61. The van der Waals surface area contributed by atoms with E-state index in [9.17, 15) is 14.7 Å². The van der Waals surface area contributed by atoms with Crippen LogP contribution in [0.25, 0.3) is 0 Å². The van der Waals surface area contributed by atoms with E-state index in [1.165, 1.54) is 6.20 Å². The zero-order valence-corrected chi connectivity index (χ0v) is 11.6. The summed E-state index contributed by atoms with van der Waals surface area (Å²) >= 11 is 0. The monoisotopic (exact) mass is 298 g/mol. The normalized spacial score (nSPS) is 25.0. The van der Waals surface area contributed by atoms with Crippen molar-refractivity contribution in [2.75, 3.05) is 11.9 Å². The molecule has 2 heterocycles. The van der Waals surface area contributed by atoms with Gasteiger partial charge in [-0.2, -0.15) is 14.8 Å². The summed E-state index contributed by atoms with van der Waals surface area (Å²) in [4.78, 5) is 27.0. The third-order valence-corrected chi connectivity index (χ3v) is 3.07. The van der Waals surface area contributed by atoms with Crippen molar-refractivity contribution in [2.24, 2.45) is 0 Å². The quantitative estimate of drug-likeness (QED) is 0.637. The maximum absolute atomic E-state index is 11.9. The standard InChI is InChI=1S/C12H18N4O5/c1-2-3-10(19)14-9-5-13-16(12(20)15-9)11-8(18)4-7(6-17)21-11/h5,7-8,11,17-18H,2-4,6H2,1H3,(H,14,15,19,20)/t7-,8+,11+/m0/s1. The number of ether oxygens (including phenoxy) is 1. The molecule has 116 valence electrons. The second-order valence-corrected chi connectivity index (χ2v) is 4.80. The molecule has 1 aromatic rings. The molecule has 0 aromatic carbocycles. The molecule has 1 aliphatic heterocycles. The van der Waals surface area contributed by atoms with Gasteiger partial charge in [-0.25, -0.2) is 4.79 Å². The molecule has 0 spiro atoms. The second kappa shape index (κ2) is 6.74. The van der Waals surface area contributed by atoms with Crippen LogP contribution in [0.3, 0.4) is 0 Å². The van der Waals surface area contributed by atoms with Gasteiger partial charge in [-0.1, -0.05) is 6.92 Å². The minimum Gasteiger partial charge on any atom is -0.394 e. The van der Waals surface area contributed by atoms with Crippen LogP contribution in [0.2, 0.25) is 0 Å². The molecule has 1 saturated heterocycles. The number of aliphatic hydroxyl groups excluding tert-OH is 2. The zero-order valence-electron chi connectivity index (χ0n) is 11.6. The first-order chi connectivity index (χ1) is 10.0. The van der Waals surface area contributed by atoms with Gasteiger partial charge >= 0.3 is 5.69 Å². The third kappa shape index (κ3) is 3.63. The summed E-state index contributed by atoms with van der Waals surface area (Å²) in [7, 11) is 0. The molecular formula is C12H18N4O5. The number of hydrogen-bond donors (Lipinski definition) is 3. The second-order valence-electron chi connectivity index (χ2n) is 4.80. The van der Waals surface area contributed by atoms with Crippen molar-refractivity contribution < 1.29 is 19.7 Å². The highest BCUT2D eigenvalue weighted by atomic mass is 16.5. The van der Waals surface area contributed by atoms with E-state index < -0.39 is 24.1 Å². The van der Waals surface area contributed by atoms with Crippen molar-refractivity contribution in [3.63, 3.8) is 0 Å². The first-order valence-corrected chi connectivity index (χ1v) is 6.75. The maximum Gasteiger partial charge on any atom is 0.368 e. The lowest BCUT2D eigenvalue weighted by Crippen LogP contribution is -2.34. The number of carbonyl (C=O) groups is 1. The number of hydrogen-bond acceptors (Lipinski definition) is 7. The van der Waals surface area contributed by atoms with Gasteiger partial charge < -0.3 is 20.3 Å². The van der Waals surface area contributed by atoms with E-state index in [-0.39, 0.29) is 24.8 Å². The van der Waals surface area contributed by atoms with E-state index in [4.69, 9.17) is 9.84 Å². The minimum atomic E-state index is -0.984. The summed E-state index contributed by atoms with van der Waals surface area (Å²) in [5.74, 6) is -0.192. The summed E-state index contributed by atoms with van der Waals surface area (Å²) in [6, 6.07) is 0. The lowest BCUT2D eigenvalue weighted by Gasteiger charge is -2.15. The number of amides is 1. The molecule has 1 aromatic heterocycles. The van der Waals surface area contributed by atoms with Gasteiger partial charge in [0.15, 0.2) is 12.0 Å². The molecule has 1 amide bonds. The van der Waals surface area contributed by atoms with E-state index in [1.54, 1.807) is 0 Å². The molecule has 1 fully saturated rings. The zero-order chi connectivity index (χ0) is 15.4. The lowest BCUT2D eigenvalue weighted by molar-refractivity contribution is -0.116. The van der Waals surface area contributed by atoms with Gasteiger partial charge in [0, 0.05) is 12.8 Å². The van der Waals surface area contributed by atoms with Crippen LogP contribution >= 0.6 is 0 Å². The van der Waals surface area contributed by atoms with Crippen LogP contribution in [0, 0.1) is 0 Å². The first kappa shape index (κ1) is 15.5. The van der Waals surface area contributed by atoms with E-state index in [2.05, 4.69) is 15.4 Å². The fraction of sp³-hybridized carbons (Fsp3) is 0.667. The lowest BCUT2D eigenvalue weighted by atomic mass is 10.2. The Hall–Kier alpha value is -1.84. The Morgan fingerprint density at radius 2 is 2.38 bits per heavy atom. The van der Waals surface area contributed by atoms with E-state index in [1.807, 2.05) is 6.92 Å². The Kier molecular flexibility index (Phi) is 4.99.